The lowest BCUT2D eigenvalue weighted by atomic mass is 9.99. The van der Waals surface area contributed by atoms with Crippen molar-refractivity contribution in [3.63, 3.8) is 0 Å². The van der Waals surface area contributed by atoms with E-state index in [0.29, 0.717) is 6.54 Å². The molecule has 1 heterocycles. The summed E-state index contributed by atoms with van der Waals surface area (Å²) in [5, 5.41) is 3.46. The summed E-state index contributed by atoms with van der Waals surface area (Å²) in [6, 6.07) is 7.87. The molecule has 1 N–H and O–H groups in total. The number of carbonyl (C=O) groups is 1. The molecule has 4 heteroatoms. The van der Waals surface area contributed by atoms with Crippen LogP contribution in [0.25, 0.3) is 0 Å². The predicted octanol–water partition coefficient (Wildman–Crippen LogP) is 2.31. The van der Waals surface area contributed by atoms with E-state index in [1.807, 2.05) is 49.9 Å². The van der Waals surface area contributed by atoms with Crippen LogP contribution in [0.4, 0.5) is 0 Å². The van der Waals surface area contributed by atoms with Crippen LogP contribution in [0.5, 0.6) is 5.75 Å². The molecule has 0 spiro atoms. The molecule has 4 nitrogen and oxygen atoms in total. The van der Waals surface area contributed by atoms with Crippen LogP contribution in [-0.2, 0) is 4.79 Å². The fraction of sp³-hybridized carbons (Fsp3) is 0.533. The van der Waals surface area contributed by atoms with E-state index < -0.39 is 5.54 Å². The minimum atomic E-state index is -0.458. The molecule has 1 aromatic carbocycles. The minimum Gasteiger partial charge on any atom is -0.497 e. The molecule has 1 fully saturated rings. The van der Waals surface area contributed by atoms with Crippen LogP contribution in [0, 0.1) is 0 Å². The lowest BCUT2D eigenvalue weighted by Crippen LogP contribution is -2.42. The maximum absolute atomic E-state index is 12.4. The first kappa shape index (κ1) is 13.9. The molecule has 2 atom stereocenters. The van der Waals surface area contributed by atoms with Crippen LogP contribution in [0.1, 0.15) is 38.9 Å². The molecule has 0 aliphatic carbocycles. The Kier molecular flexibility index (Phi) is 3.80. The number of hydrogen-bond donors (Lipinski definition) is 1. The Balaban J connectivity index is 2.30. The van der Waals surface area contributed by atoms with Crippen molar-refractivity contribution in [2.24, 2.45) is 0 Å². The van der Waals surface area contributed by atoms with Gasteiger partial charge in [-0.05, 0) is 38.0 Å². The van der Waals surface area contributed by atoms with Crippen molar-refractivity contribution in [2.45, 2.75) is 38.9 Å². The van der Waals surface area contributed by atoms with Crippen molar-refractivity contribution in [3.8, 4) is 5.75 Å². The fourth-order valence-electron chi connectivity index (χ4n) is 2.50. The summed E-state index contributed by atoms with van der Waals surface area (Å²) >= 11 is 0. The zero-order chi connectivity index (χ0) is 14.0. The number of ether oxygens (including phenoxy) is 1. The van der Waals surface area contributed by atoms with Gasteiger partial charge in [-0.15, -0.1) is 0 Å². The highest BCUT2D eigenvalue weighted by atomic mass is 16.5. The van der Waals surface area contributed by atoms with Crippen LogP contribution in [0.2, 0.25) is 0 Å². The normalized spacial score (nSPS) is 26.8. The Labute approximate surface area is 114 Å². The summed E-state index contributed by atoms with van der Waals surface area (Å²) in [6.45, 7) is 6.73. The van der Waals surface area contributed by atoms with Gasteiger partial charge in [-0.2, -0.15) is 0 Å². The molecule has 104 valence electrons. The number of rotatable bonds is 4. The van der Waals surface area contributed by atoms with Gasteiger partial charge in [-0.3, -0.25) is 10.1 Å². The molecule has 1 amide bonds. The van der Waals surface area contributed by atoms with Crippen LogP contribution in [0.3, 0.4) is 0 Å². The highest BCUT2D eigenvalue weighted by Crippen LogP contribution is 2.32. The first-order valence-electron chi connectivity index (χ1n) is 6.78. The summed E-state index contributed by atoms with van der Waals surface area (Å²) in [6.07, 6.45) is 0.739. The maximum Gasteiger partial charge on any atom is 0.244 e. The van der Waals surface area contributed by atoms with E-state index in [9.17, 15) is 4.79 Å². The largest absolute Gasteiger partial charge is 0.497 e. The van der Waals surface area contributed by atoms with Crippen LogP contribution in [-0.4, -0.2) is 30.0 Å². The quantitative estimate of drug-likeness (QED) is 0.905. The molecule has 1 aliphatic heterocycles. The standard InChI is InChI=1S/C15H22N2O2/c1-5-15(3)14(18)17(6-2)13(16-15)11-7-9-12(19-4)10-8-11/h7-10,13,16H,5-6H2,1-4H3. The van der Waals surface area contributed by atoms with E-state index in [1.54, 1.807) is 7.11 Å². The molecule has 2 unspecified atom stereocenters. The molecule has 0 saturated carbocycles. The number of nitrogens with zero attached hydrogens (tertiary/aromatic N) is 1. The Morgan fingerprint density at radius 3 is 2.42 bits per heavy atom. The number of hydrogen-bond acceptors (Lipinski definition) is 3. The number of likely N-dealkylation sites (N-methyl/N-ethyl adjacent to an activating group) is 1. The van der Waals surface area contributed by atoms with Crippen molar-refractivity contribution < 1.29 is 9.53 Å². The SMILES string of the molecule is CCN1C(=O)C(C)(CC)NC1c1ccc(OC)cc1. The molecule has 1 saturated heterocycles. The maximum atomic E-state index is 12.4. The summed E-state index contributed by atoms with van der Waals surface area (Å²) in [7, 11) is 1.65. The first-order chi connectivity index (χ1) is 9.05. The molecular formula is C15H22N2O2. The summed E-state index contributed by atoms with van der Waals surface area (Å²) in [5.74, 6) is 1.01. The van der Waals surface area contributed by atoms with E-state index in [4.69, 9.17) is 4.74 Å². The van der Waals surface area contributed by atoms with E-state index >= 15 is 0 Å². The van der Waals surface area contributed by atoms with Crippen LogP contribution in [0.15, 0.2) is 24.3 Å². The van der Waals surface area contributed by atoms with Crippen LogP contribution < -0.4 is 10.1 Å². The minimum absolute atomic E-state index is 0.0478. The lowest BCUT2D eigenvalue weighted by Gasteiger charge is -2.23. The van der Waals surface area contributed by atoms with Crippen molar-refractivity contribution in [3.05, 3.63) is 29.8 Å². The molecule has 0 bridgehead atoms. The van der Waals surface area contributed by atoms with Crippen molar-refractivity contribution in [1.82, 2.24) is 10.2 Å². The van der Waals surface area contributed by atoms with Crippen molar-refractivity contribution in [1.29, 1.82) is 0 Å². The van der Waals surface area contributed by atoms with Gasteiger partial charge in [0.25, 0.3) is 0 Å². The summed E-state index contributed by atoms with van der Waals surface area (Å²) in [4.78, 5) is 14.3. The van der Waals surface area contributed by atoms with Gasteiger partial charge in [0.15, 0.2) is 0 Å². The second kappa shape index (κ2) is 5.21. The van der Waals surface area contributed by atoms with E-state index in [-0.39, 0.29) is 12.1 Å². The zero-order valence-electron chi connectivity index (χ0n) is 12.1. The number of amides is 1. The van der Waals surface area contributed by atoms with Gasteiger partial charge in [0.05, 0.1) is 12.6 Å². The van der Waals surface area contributed by atoms with E-state index in [1.165, 1.54) is 0 Å². The number of benzene rings is 1. The number of carbonyl (C=O) groups excluding carboxylic acids is 1. The first-order valence-corrected chi connectivity index (χ1v) is 6.78. The van der Waals surface area contributed by atoms with Gasteiger partial charge in [-0.1, -0.05) is 19.1 Å². The highest BCUT2D eigenvalue weighted by molar-refractivity contribution is 5.88. The fourth-order valence-corrected chi connectivity index (χ4v) is 2.50. The van der Waals surface area contributed by atoms with Gasteiger partial charge >= 0.3 is 0 Å². The van der Waals surface area contributed by atoms with Gasteiger partial charge < -0.3 is 9.64 Å². The topological polar surface area (TPSA) is 41.6 Å². The van der Waals surface area contributed by atoms with Gasteiger partial charge in [0.2, 0.25) is 5.91 Å². The third-order valence-electron chi connectivity index (χ3n) is 3.98. The van der Waals surface area contributed by atoms with Crippen molar-refractivity contribution >= 4 is 5.91 Å². The average Bonchev–Trinajstić information content (AvgIpc) is 2.71. The zero-order valence-corrected chi connectivity index (χ0v) is 12.1. The smallest absolute Gasteiger partial charge is 0.244 e. The predicted molar refractivity (Wildman–Crippen MR) is 75.0 cm³/mol. The molecule has 19 heavy (non-hydrogen) atoms. The molecule has 2 rings (SSSR count). The number of nitrogens with one attached hydrogen (secondary N) is 1. The molecule has 1 aromatic rings. The Hall–Kier alpha value is -1.55. The summed E-state index contributed by atoms with van der Waals surface area (Å²) in [5.41, 5.74) is 0.633. The second-order valence-electron chi connectivity index (χ2n) is 5.10. The van der Waals surface area contributed by atoms with Gasteiger partial charge in [0, 0.05) is 6.54 Å². The average molecular weight is 262 g/mol. The van der Waals surface area contributed by atoms with E-state index in [2.05, 4.69) is 5.32 Å². The molecular weight excluding hydrogens is 240 g/mol. The Bertz CT molecular complexity index is 458. The van der Waals surface area contributed by atoms with Crippen molar-refractivity contribution in [2.75, 3.05) is 13.7 Å². The third-order valence-corrected chi connectivity index (χ3v) is 3.98. The molecule has 1 aliphatic rings. The van der Waals surface area contributed by atoms with E-state index in [0.717, 1.165) is 17.7 Å². The van der Waals surface area contributed by atoms with Gasteiger partial charge in [-0.25, -0.2) is 0 Å². The Morgan fingerprint density at radius 1 is 1.32 bits per heavy atom. The molecule has 0 aromatic heterocycles. The monoisotopic (exact) mass is 262 g/mol. The summed E-state index contributed by atoms with van der Waals surface area (Å²) < 4.78 is 5.17. The third kappa shape index (κ3) is 2.32. The van der Waals surface area contributed by atoms with Crippen LogP contribution >= 0.6 is 0 Å². The highest BCUT2D eigenvalue weighted by Gasteiger charge is 2.46. The molecule has 0 radical (unpaired) electrons. The second-order valence-corrected chi connectivity index (χ2v) is 5.10. The number of methoxy groups -OCH3 is 1. The lowest BCUT2D eigenvalue weighted by molar-refractivity contribution is -0.132. The Morgan fingerprint density at radius 2 is 1.95 bits per heavy atom. The van der Waals surface area contributed by atoms with Gasteiger partial charge in [0.1, 0.15) is 11.9 Å².